The van der Waals surface area contributed by atoms with Crippen LogP contribution in [0, 0.1) is 6.92 Å². The molecular weight excluding hydrogens is 481 g/mol. The molecule has 8 heteroatoms. The van der Waals surface area contributed by atoms with Crippen molar-refractivity contribution >= 4 is 35.8 Å². The molecule has 0 aliphatic heterocycles. The Morgan fingerprint density at radius 1 is 1.14 bits per heavy atom. The molecule has 160 valence electrons. The monoisotopic (exact) mass is 513 g/mol. The van der Waals surface area contributed by atoms with Crippen LogP contribution in [0.3, 0.4) is 0 Å². The van der Waals surface area contributed by atoms with Crippen LogP contribution in [-0.2, 0) is 11.3 Å². The number of aryl methyl sites for hydroxylation is 1. The van der Waals surface area contributed by atoms with Crippen LogP contribution in [0.5, 0.6) is 0 Å². The molecule has 2 rings (SSSR count). The summed E-state index contributed by atoms with van der Waals surface area (Å²) in [6.07, 6.45) is 2.07. The number of carbonyl (C=O) groups is 1. The second-order valence-corrected chi connectivity index (χ2v) is 6.45. The number of nitrogens with zero attached hydrogens (tertiary/aromatic N) is 3. The van der Waals surface area contributed by atoms with E-state index < -0.39 is 0 Å². The molecule has 0 spiro atoms. The Labute approximate surface area is 190 Å². The van der Waals surface area contributed by atoms with E-state index in [4.69, 9.17) is 4.42 Å². The van der Waals surface area contributed by atoms with Gasteiger partial charge in [0.15, 0.2) is 5.96 Å². The molecule has 0 saturated carbocycles. The summed E-state index contributed by atoms with van der Waals surface area (Å²) in [7, 11) is 0. The van der Waals surface area contributed by atoms with E-state index >= 15 is 0 Å². The van der Waals surface area contributed by atoms with Crippen molar-refractivity contribution in [1.82, 2.24) is 20.5 Å². The van der Waals surface area contributed by atoms with Crippen molar-refractivity contribution in [2.75, 3.05) is 26.2 Å². The van der Waals surface area contributed by atoms with Crippen molar-refractivity contribution in [1.29, 1.82) is 0 Å². The van der Waals surface area contributed by atoms with E-state index in [0.717, 1.165) is 30.9 Å². The molecule has 0 radical (unpaired) electrons. The highest BCUT2D eigenvalue weighted by Crippen LogP contribution is 2.19. The van der Waals surface area contributed by atoms with E-state index in [9.17, 15) is 4.79 Å². The highest BCUT2D eigenvalue weighted by molar-refractivity contribution is 14.0. The average Bonchev–Trinajstić information content (AvgIpc) is 3.16. The van der Waals surface area contributed by atoms with Crippen LogP contribution < -0.4 is 10.6 Å². The summed E-state index contributed by atoms with van der Waals surface area (Å²) in [5.74, 6) is 1.40. The minimum Gasteiger partial charge on any atom is -0.444 e. The molecule has 2 N–H and O–H groups in total. The number of rotatable bonds is 9. The molecule has 0 aliphatic carbocycles. The van der Waals surface area contributed by atoms with Crippen molar-refractivity contribution in [3.8, 4) is 11.5 Å². The largest absolute Gasteiger partial charge is 0.444 e. The molecule has 0 atom stereocenters. The molecule has 0 unspecified atom stereocenters. The number of aromatic nitrogens is 1. The van der Waals surface area contributed by atoms with E-state index in [1.165, 1.54) is 5.56 Å². The van der Waals surface area contributed by atoms with Crippen LogP contribution in [0.2, 0.25) is 0 Å². The lowest BCUT2D eigenvalue weighted by Crippen LogP contribution is -2.40. The molecule has 1 heterocycles. The number of aliphatic imine (C=N–C) groups is 1. The first kappa shape index (κ1) is 24.9. The maximum atomic E-state index is 12.1. The first-order chi connectivity index (χ1) is 13.6. The summed E-state index contributed by atoms with van der Waals surface area (Å²) in [6.45, 7) is 11.2. The summed E-state index contributed by atoms with van der Waals surface area (Å²) in [6, 6.07) is 8.05. The molecule has 7 nitrogen and oxygen atoms in total. The number of hydrogen-bond donors (Lipinski definition) is 2. The lowest BCUT2D eigenvalue weighted by Gasteiger charge is -2.19. The molecule has 1 aromatic carbocycles. The van der Waals surface area contributed by atoms with Gasteiger partial charge in [-0.2, -0.15) is 0 Å². The number of halogens is 1. The van der Waals surface area contributed by atoms with Crippen LogP contribution in [0.4, 0.5) is 0 Å². The van der Waals surface area contributed by atoms with Gasteiger partial charge < -0.3 is 20.0 Å². The van der Waals surface area contributed by atoms with Crippen molar-refractivity contribution in [2.45, 2.75) is 40.7 Å². The number of guanidine groups is 1. The van der Waals surface area contributed by atoms with Crippen LogP contribution in [0.15, 0.2) is 39.9 Å². The molecule has 0 bridgehead atoms. The Morgan fingerprint density at radius 3 is 2.45 bits per heavy atom. The lowest BCUT2D eigenvalue weighted by molar-refractivity contribution is -0.130. The van der Waals surface area contributed by atoms with E-state index in [2.05, 4.69) is 20.6 Å². The van der Waals surface area contributed by atoms with Gasteiger partial charge in [-0.25, -0.2) is 9.98 Å². The zero-order valence-corrected chi connectivity index (χ0v) is 20.0. The molecule has 0 aliphatic rings. The number of benzene rings is 1. The Hall–Kier alpha value is -2.10. The van der Waals surface area contributed by atoms with Crippen LogP contribution in [0.1, 0.15) is 38.4 Å². The number of oxazole rings is 1. The topological polar surface area (TPSA) is 82.8 Å². The number of amides is 1. The molecule has 0 fully saturated rings. The van der Waals surface area contributed by atoms with E-state index in [1.54, 1.807) is 6.26 Å². The SMILES string of the molecule is CCNC(=NCc1coc(-c2ccc(C)cc2)n1)NCCC(=O)N(CC)CC.I. The lowest BCUT2D eigenvalue weighted by atomic mass is 10.1. The highest BCUT2D eigenvalue weighted by atomic mass is 127. The summed E-state index contributed by atoms with van der Waals surface area (Å²) in [5, 5.41) is 6.39. The Bertz CT molecular complexity index is 770. The molecule has 1 aromatic heterocycles. The fourth-order valence-corrected chi connectivity index (χ4v) is 2.73. The van der Waals surface area contributed by atoms with E-state index in [1.807, 2.05) is 56.9 Å². The predicted molar refractivity (Wildman–Crippen MR) is 127 cm³/mol. The summed E-state index contributed by atoms with van der Waals surface area (Å²) in [4.78, 5) is 23.0. The van der Waals surface area contributed by atoms with Crippen molar-refractivity contribution in [3.05, 3.63) is 41.8 Å². The quantitative estimate of drug-likeness (QED) is 0.304. The van der Waals surface area contributed by atoms with Gasteiger partial charge in [-0.05, 0) is 39.8 Å². The minimum atomic E-state index is 0. The van der Waals surface area contributed by atoms with Gasteiger partial charge in [-0.3, -0.25) is 4.79 Å². The Balaban J connectivity index is 0.00000420. The third-order valence-corrected chi connectivity index (χ3v) is 4.34. The Kier molecular flexibility index (Phi) is 11.3. The van der Waals surface area contributed by atoms with Crippen molar-refractivity contribution in [3.63, 3.8) is 0 Å². The fraction of sp³-hybridized carbons (Fsp3) is 0.476. The summed E-state index contributed by atoms with van der Waals surface area (Å²) >= 11 is 0. The molecule has 2 aromatic rings. The van der Waals surface area contributed by atoms with Gasteiger partial charge in [0.1, 0.15) is 12.0 Å². The first-order valence-electron chi connectivity index (χ1n) is 9.88. The summed E-state index contributed by atoms with van der Waals surface area (Å²) in [5.41, 5.74) is 2.90. The second kappa shape index (κ2) is 13.2. The van der Waals surface area contributed by atoms with Gasteiger partial charge in [0.05, 0.1) is 6.54 Å². The molecule has 0 saturated heterocycles. The number of hydrogen-bond acceptors (Lipinski definition) is 4. The maximum absolute atomic E-state index is 12.1. The standard InChI is InChI=1S/C21H31N5O2.HI/c1-5-22-21(23-13-12-19(27)26(6-2)7-3)24-14-18-15-28-20(25-18)17-10-8-16(4)9-11-17;/h8-11,15H,5-7,12-14H2,1-4H3,(H2,22,23,24);1H. The first-order valence-corrected chi connectivity index (χ1v) is 9.88. The predicted octanol–water partition coefficient (Wildman–Crippen LogP) is 3.58. The van der Waals surface area contributed by atoms with Crippen LogP contribution >= 0.6 is 24.0 Å². The number of carbonyl (C=O) groups excluding carboxylic acids is 1. The van der Waals surface area contributed by atoms with Gasteiger partial charge in [0.2, 0.25) is 11.8 Å². The Morgan fingerprint density at radius 2 is 1.83 bits per heavy atom. The van der Waals surface area contributed by atoms with Crippen molar-refractivity contribution in [2.24, 2.45) is 4.99 Å². The molecule has 29 heavy (non-hydrogen) atoms. The fourth-order valence-electron chi connectivity index (χ4n) is 2.73. The second-order valence-electron chi connectivity index (χ2n) is 6.45. The summed E-state index contributed by atoms with van der Waals surface area (Å²) < 4.78 is 5.58. The van der Waals surface area contributed by atoms with Crippen LogP contribution in [0.25, 0.3) is 11.5 Å². The number of nitrogens with one attached hydrogen (secondary N) is 2. The van der Waals surface area contributed by atoms with Gasteiger partial charge in [0, 0.05) is 38.2 Å². The minimum absolute atomic E-state index is 0. The van der Waals surface area contributed by atoms with Gasteiger partial charge in [0.25, 0.3) is 0 Å². The zero-order valence-electron chi connectivity index (χ0n) is 17.7. The molecular formula is C21H32IN5O2. The smallest absolute Gasteiger partial charge is 0.226 e. The van der Waals surface area contributed by atoms with Gasteiger partial charge in [-0.15, -0.1) is 24.0 Å². The van der Waals surface area contributed by atoms with Gasteiger partial charge in [-0.1, -0.05) is 17.7 Å². The van der Waals surface area contributed by atoms with Crippen LogP contribution in [-0.4, -0.2) is 47.9 Å². The molecule has 1 amide bonds. The van der Waals surface area contributed by atoms with Crippen molar-refractivity contribution < 1.29 is 9.21 Å². The third kappa shape index (κ3) is 8.04. The van der Waals surface area contributed by atoms with E-state index in [-0.39, 0.29) is 29.9 Å². The maximum Gasteiger partial charge on any atom is 0.226 e. The third-order valence-electron chi connectivity index (χ3n) is 4.34. The van der Waals surface area contributed by atoms with E-state index in [0.29, 0.717) is 31.4 Å². The van der Waals surface area contributed by atoms with Gasteiger partial charge >= 0.3 is 0 Å². The average molecular weight is 513 g/mol. The highest BCUT2D eigenvalue weighted by Gasteiger charge is 2.10. The zero-order chi connectivity index (χ0) is 20.4. The normalized spacial score (nSPS) is 11.0.